The number of ether oxygens (including phenoxy) is 3. The van der Waals surface area contributed by atoms with Crippen molar-refractivity contribution < 1.29 is 19.0 Å². The molecule has 1 N–H and O–H groups in total. The molecular weight excluding hydrogens is 306 g/mol. The van der Waals surface area contributed by atoms with Crippen LogP contribution in [-0.4, -0.2) is 25.0 Å². The summed E-state index contributed by atoms with van der Waals surface area (Å²) < 4.78 is 15.6. The van der Waals surface area contributed by atoms with Gasteiger partial charge in [-0.25, -0.2) is 4.79 Å². The fraction of sp³-hybridized carbons (Fsp3) is 0.438. The van der Waals surface area contributed by atoms with Crippen molar-refractivity contribution in [1.82, 2.24) is 5.32 Å². The summed E-state index contributed by atoms with van der Waals surface area (Å²) >= 11 is 6.12. The maximum Gasteiger partial charge on any atom is 0.407 e. The highest BCUT2D eigenvalue weighted by Crippen LogP contribution is 2.36. The molecule has 1 aromatic rings. The number of fused-ring (bicyclic) bond motifs is 1. The molecule has 0 aromatic heterocycles. The van der Waals surface area contributed by atoms with E-state index in [4.69, 9.17) is 25.8 Å². The summed E-state index contributed by atoms with van der Waals surface area (Å²) in [5.41, 5.74) is 0.165. The average Bonchev–Trinajstić information content (AvgIpc) is 2.83. The molecule has 0 unspecified atom stereocenters. The van der Waals surface area contributed by atoms with E-state index in [2.05, 4.69) is 17.2 Å². The minimum atomic E-state index is -0.504. The molecule has 1 aliphatic rings. The Bertz CT molecular complexity index is 626. The van der Waals surface area contributed by atoms with Crippen molar-refractivity contribution in [3.63, 3.8) is 0 Å². The fourth-order valence-electron chi connectivity index (χ4n) is 1.71. The Morgan fingerprint density at radius 1 is 1.36 bits per heavy atom. The summed E-state index contributed by atoms with van der Waals surface area (Å²) in [4.78, 5) is 11.4. The number of carbonyl (C=O) groups is 1. The lowest BCUT2D eigenvalue weighted by atomic mass is 10.2. The lowest BCUT2D eigenvalue weighted by molar-refractivity contribution is 0.0529. The first-order valence-electron chi connectivity index (χ1n) is 6.90. The van der Waals surface area contributed by atoms with Crippen molar-refractivity contribution in [2.24, 2.45) is 0 Å². The van der Waals surface area contributed by atoms with E-state index in [0.717, 1.165) is 0 Å². The van der Waals surface area contributed by atoms with Crippen molar-refractivity contribution in [2.75, 3.05) is 13.3 Å². The van der Waals surface area contributed by atoms with Crippen LogP contribution >= 0.6 is 11.6 Å². The number of amides is 1. The molecule has 118 valence electrons. The molecule has 0 atom stereocenters. The number of hydrogen-bond acceptors (Lipinski definition) is 4. The summed E-state index contributed by atoms with van der Waals surface area (Å²) in [7, 11) is 0. The van der Waals surface area contributed by atoms with Gasteiger partial charge in [0.25, 0.3) is 0 Å². The lowest BCUT2D eigenvalue weighted by Gasteiger charge is -2.19. The third-order valence-electron chi connectivity index (χ3n) is 2.60. The molecule has 1 amide bonds. The third-order valence-corrected chi connectivity index (χ3v) is 2.92. The van der Waals surface area contributed by atoms with E-state index in [0.29, 0.717) is 35.1 Å². The number of benzene rings is 1. The van der Waals surface area contributed by atoms with Crippen LogP contribution in [0, 0.1) is 11.8 Å². The lowest BCUT2D eigenvalue weighted by Crippen LogP contribution is -2.32. The number of alkyl carbamates (subject to hydrolysis) is 1. The normalized spacial score (nSPS) is 12.4. The molecule has 5 nitrogen and oxygen atoms in total. The van der Waals surface area contributed by atoms with Crippen molar-refractivity contribution in [3.05, 3.63) is 22.7 Å². The van der Waals surface area contributed by atoms with E-state index >= 15 is 0 Å². The van der Waals surface area contributed by atoms with Crippen LogP contribution in [0.25, 0.3) is 0 Å². The molecule has 0 radical (unpaired) electrons. The second kappa shape index (κ2) is 6.80. The summed E-state index contributed by atoms with van der Waals surface area (Å²) in [6.07, 6.45) is 0.0414. The second-order valence-electron chi connectivity index (χ2n) is 5.67. The summed E-state index contributed by atoms with van der Waals surface area (Å²) in [6.45, 7) is 6.04. The Morgan fingerprint density at radius 2 is 2.05 bits per heavy atom. The van der Waals surface area contributed by atoms with Crippen LogP contribution < -0.4 is 14.8 Å². The van der Waals surface area contributed by atoms with Gasteiger partial charge in [-0.15, -0.1) is 0 Å². The predicted molar refractivity (Wildman–Crippen MR) is 83.3 cm³/mol. The van der Waals surface area contributed by atoms with E-state index < -0.39 is 11.7 Å². The van der Waals surface area contributed by atoms with Gasteiger partial charge < -0.3 is 19.5 Å². The highest BCUT2D eigenvalue weighted by atomic mass is 35.5. The van der Waals surface area contributed by atoms with Crippen LogP contribution in [0.5, 0.6) is 11.5 Å². The van der Waals surface area contributed by atoms with Gasteiger partial charge in [0, 0.05) is 30.7 Å². The van der Waals surface area contributed by atoms with Crippen molar-refractivity contribution in [3.8, 4) is 23.3 Å². The number of halogens is 1. The Morgan fingerprint density at radius 3 is 2.73 bits per heavy atom. The monoisotopic (exact) mass is 323 g/mol. The van der Waals surface area contributed by atoms with Crippen molar-refractivity contribution in [1.29, 1.82) is 0 Å². The molecule has 0 bridgehead atoms. The van der Waals surface area contributed by atoms with Gasteiger partial charge in [-0.05, 0) is 20.8 Å². The van der Waals surface area contributed by atoms with Gasteiger partial charge in [-0.3, -0.25) is 0 Å². The van der Waals surface area contributed by atoms with Gasteiger partial charge in [-0.2, -0.15) is 0 Å². The van der Waals surface area contributed by atoms with Crippen LogP contribution in [0.3, 0.4) is 0 Å². The smallest absolute Gasteiger partial charge is 0.407 e. The maximum absolute atomic E-state index is 11.4. The predicted octanol–water partition coefficient (Wildman–Crippen LogP) is 3.34. The fourth-order valence-corrected chi connectivity index (χ4v) is 1.91. The van der Waals surface area contributed by atoms with Gasteiger partial charge in [0.1, 0.15) is 5.60 Å². The van der Waals surface area contributed by atoms with Gasteiger partial charge in [-0.1, -0.05) is 23.4 Å². The molecule has 1 heterocycles. The van der Waals surface area contributed by atoms with Crippen LogP contribution in [0.15, 0.2) is 12.1 Å². The Hall–Kier alpha value is -2.06. The summed E-state index contributed by atoms with van der Waals surface area (Å²) in [6, 6.07) is 3.44. The third kappa shape index (κ3) is 4.74. The number of rotatable bonds is 2. The van der Waals surface area contributed by atoms with E-state index in [1.165, 1.54) is 0 Å². The van der Waals surface area contributed by atoms with Crippen molar-refractivity contribution in [2.45, 2.75) is 32.8 Å². The number of nitrogens with one attached hydrogen (secondary N) is 1. The number of hydrogen-bond donors (Lipinski definition) is 1. The van der Waals surface area contributed by atoms with E-state index in [9.17, 15) is 4.79 Å². The molecule has 0 spiro atoms. The van der Waals surface area contributed by atoms with Crippen LogP contribution in [0.2, 0.25) is 5.02 Å². The minimum absolute atomic E-state index is 0.197. The summed E-state index contributed by atoms with van der Waals surface area (Å²) in [5.74, 6) is 7.17. The van der Waals surface area contributed by atoms with Crippen molar-refractivity contribution >= 4 is 17.7 Å². The van der Waals surface area contributed by atoms with Crippen LogP contribution in [0.1, 0.15) is 32.8 Å². The molecule has 0 fully saturated rings. The first kappa shape index (κ1) is 16.3. The SMILES string of the molecule is CC(C)(C)OC(=O)NCCC#Cc1cc2c(cc1Cl)OCO2. The Kier molecular flexibility index (Phi) is 5.04. The minimum Gasteiger partial charge on any atom is -0.454 e. The molecule has 0 saturated carbocycles. The van der Waals surface area contributed by atoms with Gasteiger partial charge in [0.15, 0.2) is 11.5 Å². The van der Waals surface area contributed by atoms with E-state index in [1.54, 1.807) is 12.1 Å². The second-order valence-corrected chi connectivity index (χ2v) is 6.07. The molecule has 1 aromatic carbocycles. The molecular formula is C16H18ClNO4. The molecule has 1 aliphatic heterocycles. The highest BCUT2D eigenvalue weighted by Gasteiger charge is 2.16. The quantitative estimate of drug-likeness (QED) is 0.670. The number of carbonyl (C=O) groups excluding carboxylic acids is 1. The van der Waals surface area contributed by atoms with Crippen LogP contribution in [0.4, 0.5) is 4.79 Å². The Balaban J connectivity index is 1.84. The standard InChI is InChI=1S/C16H18ClNO4/c1-16(2,3)22-15(19)18-7-5-4-6-11-8-13-14(9-12(11)17)21-10-20-13/h8-9H,5,7,10H2,1-3H3,(H,18,19). The van der Waals surface area contributed by atoms with Crippen LogP contribution in [-0.2, 0) is 4.74 Å². The topological polar surface area (TPSA) is 56.8 Å². The average molecular weight is 324 g/mol. The molecule has 6 heteroatoms. The Labute approximate surface area is 134 Å². The largest absolute Gasteiger partial charge is 0.454 e. The molecule has 2 rings (SSSR count). The molecule has 0 aliphatic carbocycles. The first-order chi connectivity index (χ1) is 10.3. The molecule has 0 saturated heterocycles. The summed E-state index contributed by atoms with van der Waals surface area (Å²) in [5, 5.41) is 3.15. The highest BCUT2D eigenvalue weighted by molar-refractivity contribution is 6.32. The molecule has 22 heavy (non-hydrogen) atoms. The van der Waals surface area contributed by atoms with E-state index in [-0.39, 0.29) is 6.79 Å². The zero-order chi connectivity index (χ0) is 16.2. The zero-order valence-electron chi connectivity index (χ0n) is 12.8. The van der Waals surface area contributed by atoms with E-state index in [1.807, 2.05) is 20.8 Å². The van der Waals surface area contributed by atoms with Gasteiger partial charge in [0.2, 0.25) is 6.79 Å². The maximum atomic E-state index is 11.4. The van der Waals surface area contributed by atoms with Gasteiger partial charge >= 0.3 is 6.09 Å². The first-order valence-corrected chi connectivity index (χ1v) is 7.28. The zero-order valence-corrected chi connectivity index (χ0v) is 13.5. The van der Waals surface area contributed by atoms with Gasteiger partial charge in [0.05, 0.1) is 5.02 Å².